The zero-order chi connectivity index (χ0) is 11.4. The second-order valence-corrected chi connectivity index (χ2v) is 4.59. The molecule has 2 aromatic rings. The highest BCUT2D eigenvalue weighted by Gasteiger charge is 1.99. The normalized spacial score (nSPS) is 10.6. The molecular formula is C13H14FNS. The molecule has 3 heteroatoms. The summed E-state index contributed by atoms with van der Waals surface area (Å²) in [6.45, 7) is 3.58. The van der Waals surface area contributed by atoms with Crippen LogP contribution >= 0.6 is 11.3 Å². The van der Waals surface area contributed by atoms with Crippen LogP contribution in [0.1, 0.15) is 16.7 Å². The summed E-state index contributed by atoms with van der Waals surface area (Å²) < 4.78 is 12.9. The van der Waals surface area contributed by atoms with Crippen molar-refractivity contribution in [3.63, 3.8) is 0 Å². The van der Waals surface area contributed by atoms with Crippen molar-refractivity contribution in [1.82, 2.24) is 5.32 Å². The van der Waals surface area contributed by atoms with Crippen LogP contribution in [0.4, 0.5) is 4.39 Å². The van der Waals surface area contributed by atoms with E-state index >= 15 is 0 Å². The van der Waals surface area contributed by atoms with E-state index in [4.69, 9.17) is 0 Å². The van der Waals surface area contributed by atoms with Crippen molar-refractivity contribution in [2.75, 3.05) is 0 Å². The lowest BCUT2D eigenvalue weighted by molar-refractivity contribution is 0.623. The largest absolute Gasteiger partial charge is 0.309 e. The maximum Gasteiger partial charge on any atom is 0.123 e. The fraction of sp³-hybridized carbons (Fsp3) is 0.231. The molecule has 0 spiro atoms. The maximum atomic E-state index is 12.9. The first kappa shape index (κ1) is 11.3. The van der Waals surface area contributed by atoms with Crippen LogP contribution < -0.4 is 5.32 Å². The second kappa shape index (κ2) is 5.23. The van der Waals surface area contributed by atoms with E-state index in [1.54, 1.807) is 17.4 Å². The van der Waals surface area contributed by atoms with Gasteiger partial charge in [0.2, 0.25) is 0 Å². The first-order valence-electron chi connectivity index (χ1n) is 5.22. The van der Waals surface area contributed by atoms with Crippen LogP contribution in [0, 0.1) is 12.7 Å². The van der Waals surface area contributed by atoms with Gasteiger partial charge in [0.1, 0.15) is 5.82 Å². The van der Waals surface area contributed by atoms with Gasteiger partial charge in [0.25, 0.3) is 0 Å². The Morgan fingerprint density at radius 3 is 2.81 bits per heavy atom. The Kier molecular flexibility index (Phi) is 3.70. The Morgan fingerprint density at radius 1 is 1.25 bits per heavy atom. The van der Waals surface area contributed by atoms with Gasteiger partial charge in [-0.25, -0.2) is 4.39 Å². The zero-order valence-corrected chi connectivity index (χ0v) is 9.98. The minimum Gasteiger partial charge on any atom is -0.309 e. The van der Waals surface area contributed by atoms with E-state index in [0.29, 0.717) is 0 Å². The van der Waals surface area contributed by atoms with E-state index < -0.39 is 0 Å². The standard InChI is InChI=1S/C13H14FNS/c1-10-6-13(14)3-2-12(10)8-15-7-11-4-5-16-9-11/h2-6,9,15H,7-8H2,1H3. The number of hydrogen-bond acceptors (Lipinski definition) is 2. The third-order valence-corrected chi connectivity index (χ3v) is 3.26. The topological polar surface area (TPSA) is 12.0 Å². The molecule has 0 saturated carbocycles. The number of hydrogen-bond donors (Lipinski definition) is 1. The van der Waals surface area contributed by atoms with Crippen LogP contribution in [-0.2, 0) is 13.1 Å². The van der Waals surface area contributed by atoms with Crippen molar-refractivity contribution >= 4 is 11.3 Å². The van der Waals surface area contributed by atoms with Gasteiger partial charge in [-0.15, -0.1) is 0 Å². The van der Waals surface area contributed by atoms with Crippen LogP contribution in [0.2, 0.25) is 0 Å². The molecule has 1 N–H and O–H groups in total. The smallest absolute Gasteiger partial charge is 0.123 e. The Balaban J connectivity index is 1.90. The summed E-state index contributed by atoms with van der Waals surface area (Å²) >= 11 is 1.70. The molecule has 1 nitrogen and oxygen atoms in total. The van der Waals surface area contributed by atoms with E-state index in [1.807, 2.05) is 13.0 Å². The molecule has 84 valence electrons. The SMILES string of the molecule is Cc1cc(F)ccc1CNCc1ccsc1. The Bertz CT molecular complexity index is 451. The summed E-state index contributed by atoms with van der Waals surface area (Å²) in [5.74, 6) is -0.168. The Hall–Kier alpha value is -1.19. The molecule has 0 bridgehead atoms. The number of nitrogens with one attached hydrogen (secondary N) is 1. The van der Waals surface area contributed by atoms with E-state index in [1.165, 1.54) is 11.6 Å². The van der Waals surface area contributed by atoms with Crippen molar-refractivity contribution in [2.24, 2.45) is 0 Å². The highest BCUT2D eigenvalue weighted by molar-refractivity contribution is 7.07. The number of halogens is 1. The predicted octanol–water partition coefficient (Wildman–Crippen LogP) is 3.49. The maximum absolute atomic E-state index is 12.9. The van der Waals surface area contributed by atoms with Crippen molar-refractivity contribution in [1.29, 1.82) is 0 Å². The van der Waals surface area contributed by atoms with Gasteiger partial charge in [0.15, 0.2) is 0 Å². The minimum atomic E-state index is -0.168. The monoisotopic (exact) mass is 235 g/mol. The quantitative estimate of drug-likeness (QED) is 0.855. The molecule has 0 aliphatic carbocycles. The highest BCUT2D eigenvalue weighted by atomic mass is 32.1. The summed E-state index contributed by atoms with van der Waals surface area (Å²) in [5, 5.41) is 7.55. The van der Waals surface area contributed by atoms with E-state index in [2.05, 4.69) is 22.1 Å². The average Bonchev–Trinajstić information content (AvgIpc) is 2.74. The second-order valence-electron chi connectivity index (χ2n) is 3.81. The minimum absolute atomic E-state index is 0.168. The van der Waals surface area contributed by atoms with Gasteiger partial charge in [-0.05, 0) is 52.6 Å². The van der Waals surface area contributed by atoms with E-state index in [-0.39, 0.29) is 5.82 Å². The third kappa shape index (κ3) is 2.90. The first-order valence-corrected chi connectivity index (χ1v) is 6.17. The molecule has 1 aromatic heterocycles. The van der Waals surface area contributed by atoms with Gasteiger partial charge in [-0.2, -0.15) is 11.3 Å². The van der Waals surface area contributed by atoms with Crippen LogP contribution in [0.15, 0.2) is 35.0 Å². The molecule has 2 rings (SSSR count). The molecule has 16 heavy (non-hydrogen) atoms. The number of rotatable bonds is 4. The zero-order valence-electron chi connectivity index (χ0n) is 9.16. The van der Waals surface area contributed by atoms with Gasteiger partial charge in [0.05, 0.1) is 0 Å². The Labute approximate surface area is 98.9 Å². The van der Waals surface area contributed by atoms with Gasteiger partial charge >= 0.3 is 0 Å². The van der Waals surface area contributed by atoms with Crippen LogP contribution in [0.25, 0.3) is 0 Å². The molecule has 0 fully saturated rings. The summed E-state index contributed by atoms with van der Waals surface area (Å²) in [7, 11) is 0. The molecule has 0 amide bonds. The molecule has 0 atom stereocenters. The van der Waals surface area contributed by atoms with Crippen molar-refractivity contribution in [3.05, 3.63) is 57.5 Å². The summed E-state index contributed by atoms with van der Waals surface area (Å²) in [6.07, 6.45) is 0. The van der Waals surface area contributed by atoms with Crippen molar-refractivity contribution in [3.8, 4) is 0 Å². The van der Waals surface area contributed by atoms with E-state index in [0.717, 1.165) is 24.2 Å². The molecular weight excluding hydrogens is 221 g/mol. The predicted molar refractivity (Wildman–Crippen MR) is 66.0 cm³/mol. The number of benzene rings is 1. The molecule has 0 saturated heterocycles. The van der Waals surface area contributed by atoms with Gasteiger partial charge in [-0.3, -0.25) is 0 Å². The fourth-order valence-electron chi connectivity index (χ4n) is 1.59. The highest BCUT2D eigenvalue weighted by Crippen LogP contribution is 2.10. The molecule has 1 heterocycles. The first-order chi connectivity index (χ1) is 7.75. The van der Waals surface area contributed by atoms with Crippen molar-refractivity contribution in [2.45, 2.75) is 20.0 Å². The molecule has 0 aliphatic rings. The molecule has 0 aliphatic heterocycles. The van der Waals surface area contributed by atoms with Crippen molar-refractivity contribution < 1.29 is 4.39 Å². The average molecular weight is 235 g/mol. The third-order valence-electron chi connectivity index (χ3n) is 2.53. The summed E-state index contributed by atoms with van der Waals surface area (Å²) in [4.78, 5) is 0. The van der Waals surface area contributed by atoms with Gasteiger partial charge < -0.3 is 5.32 Å². The van der Waals surface area contributed by atoms with Gasteiger partial charge in [-0.1, -0.05) is 6.07 Å². The van der Waals surface area contributed by atoms with Crippen LogP contribution in [0.3, 0.4) is 0 Å². The number of aryl methyl sites for hydroxylation is 1. The Morgan fingerprint density at radius 2 is 2.12 bits per heavy atom. The molecule has 0 radical (unpaired) electrons. The molecule has 0 unspecified atom stereocenters. The van der Waals surface area contributed by atoms with E-state index in [9.17, 15) is 4.39 Å². The number of thiophene rings is 1. The van der Waals surface area contributed by atoms with Crippen LogP contribution in [0.5, 0.6) is 0 Å². The lowest BCUT2D eigenvalue weighted by Crippen LogP contribution is -2.13. The van der Waals surface area contributed by atoms with Crippen LogP contribution in [-0.4, -0.2) is 0 Å². The fourth-order valence-corrected chi connectivity index (χ4v) is 2.26. The lowest BCUT2D eigenvalue weighted by atomic mass is 10.1. The van der Waals surface area contributed by atoms with Gasteiger partial charge in [0, 0.05) is 13.1 Å². The lowest BCUT2D eigenvalue weighted by Gasteiger charge is -2.07. The molecule has 1 aromatic carbocycles. The summed E-state index contributed by atoms with van der Waals surface area (Å²) in [6, 6.07) is 7.02. The summed E-state index contributed by atoms with van der Waals surface area (Å²) in [5.41, 5.74) is 3.44.